The number of sulfonamides is 1. The van der Waals surface area contributed by atoms with Gasteiger partial charge in [-0.3, -0.25) is 4.90 Å². The quantitative estimate of drug-likeness (QED) is 0.507. The molecule has 0 saturated heterocycles. The summed E-state index contributed by atoms with van der Waals surface area (Å²) in [5.41, 5.74) is 2.12. The van der Waals surface area contributed by atoms with Gasteiger partial charge in [0.15, 0.2) is 11.6 Å². The molecule has 0 aliphatic heterocycles. The molecule has 6 nitrogen and oxygen atoms in total. The standard InChI is InChI=1S/C22H24F2N2O4S/c1-16(12-25-31(27,28)20-6-7-21(23)22(24)11-20)30-19-5-3-4-17(10-19)13-26(2)14-18-8-9-29-15-18/h3-11,15-16,25H,12-14H2,1-2H3/t16-/m0/s1. The first kappa shape index (κ1) is 22.9. The van der Waals surface area contributed by atoms with Crippen LogP contribution in [0.1, 0.15) is 18.1 Å². The summed E-state index contributed by atoms with van der Waals surface area (Å²) in [6.07, 6.45) is 2.86. The summed E-state index contributed by atoms with van der Waals surface area (Å²) in [6, 6.07) is 11.9. The number of rotatable bonds is 10. The molecule has 0 aliphatic carbocycles. The summed E-state index contributed by atoms with van der Waals surface area (Å²) in [5.74, 6) is -1.72. The number of hydrogen-bond acceptors (Lipinski definition) is 5. The number of ether oxygens (including phenoxy) is 1. The van der Waals surface area contributed by atoms with E-state index in [1.165, 1.54) is 0 Å². The largest absolute Gasteiger partial charge is 0.489 e. The minimum absolute atomic E-state index is 0.0358. The van der Waals surface area contributed by atoms with Crippen LogP contribution in [0.4, 0.5) is 8.78 Å². The van der Waals surface area contributed by atoms with Gasteiger partial charge < -0.3 is 9.15 Å². The SMILES string of the molecule is C[C@@H](CNS(=O)(=O)c1ccc(F)c(F)c1)Oc1cccc(CN(C)Cc2ccoc2)c1. The molecular weight excluding hydrogens is 426 g/mol. The summed E-state index contributed by atoms with van der Waals surface area (Å²) < 4.78 is 64.2. The Morgan fingerprint density at radius 2 is 1.84 bits per heavy atom. The van der Waals surface area contributed by atoms with E-state index in [0.29, 0.717) is 18.4 Å². The lowest BCUT2D eigenvalue weighted by Crippen LogP contribution is -2.33. The van der Waals surface area contributed by atoms with Crippen molar-refractivity contribution in [2.45, 2.75) is 31.0 Å². The predicted molar refractivity (Wildman–Crippen MR) is 112 cm³/mol. The maximum absolute atomic E-state index is 13.3. The van der Waals surface area contributed by atoms with E-state index < -0.39 is 27.8 Å². The van der Waals surface area contributed by atoms with Crippen molar-refractivity contribution in [1.29, 1.82) is 0 Å². The maximum Gasteiger partial charge on any atom is 0.240 e. The zero-order valence-corrected chi connectivity index (χ0v) is 18.0. The Balaban J connectivity index is 1.54. The average Bonchev–Trinajstić information content (AvgIpc) is 3.21. The Morgan fingerprint density at radius 3 is 2.55 bits per heavy atom. The topological polar surface area (TPSA) is 71.8 Å². The fraction of sp³-hybridized carbons (Fsp3) is 0.273. The van der Waals surface area contributed by atoms with Crippen LogP contribution in [0.5, 0.6) is 5.75 Å². The van der Waals surface area contributed by atoms with E-state index in [1.54, 1.807) is 25.5 Å². The molecule has 0 fully saturated rings. The summed E-state index contributed by atoms with van der Waals surface area (Å²) in [7, 11) is -1.99. The highest BCUT2D eigenvalue weighted by atomic mass is 32.2. The fourth-order valence-electron chi connectivity index (χ4n) is 3.01. The van der Waals surface area contributed by atoms with Crippen molar-refractivity contribution in [3.05, 3.63) is 83.8 Å². The molecule has 3 rings (SSSR count). The molecule has 0 saturated carbocycles. The highest BCUT2D eigenvalue weighted by molar-refractivity contribution is 7.89. The lowest BCUT2D eigenvalue weighted by atomic mass is 10.2. The lowest BCUT2D eigenvalue weighted by Gasteiger charge is -2.18. The Kier molecular flexibility index (Phi) is 7.42. The van der Waals surface area contributed by atoms with Gasteiger partial charge in [0.2, 0.25) is 10.0 Å². The fourth-order valence-corrected chi connectivity index (χ4v) is 4.13. The molecule has 0 amide bonds. The van der Waals surface area contributed by atoms with E-state index in [9.17, 15) is 17.2 Å². The molecule has 2 aromatic carbocycles. The molecule has 166 valence electrons. The van der Waals surface area contributed by atoms with E-state index >= 15 is 0 Å². The van der Waals surface area contributed by atoms with Crippen molar-refractivity contribution < 1.29 is 26.4 Å². The summed E-state index contributed by atoms with van der Waals surface area (Å²) in [5, 5.41) is 0. The molecular formula is C22H24F2N2O4S. The van der Waals surface area contributed by atoms with Crippen LogP contribution < -0.4 is 9.46 Å². The van der Waals surface area contributed by atoms with Crippen LogP contribution in [0.3, 0.4) is 0 Å². The van der Waals surface area contributed by atoms with E-state index in [-0.39, 0.29) is 11.4 Å². The van der Waals surface area contributed by atoms with Gasteiger partial charge >= 0.3 is 0 Å². The first-order chi connectivity index (χ1) is 14.7. The van der Waals surface area contributed by atoms with Crippen LogP contribution in [0.15, 0.2) is 70.4 Å². The van der Waals surface area contributed by atoms with Crippen molar-refractivity contribution in [3.63, 3.8) is 0 Å². The molecule has 31 heavy (non-hydrogen) atoms. The maximum atomic E-state index is 13.3. The molecule has 0 aliphatic rings. The van der Waals surface area contributed by atoms with E-state index in [1.807, 2.05) is 31.3 Å². The lowest BCUT2D eigenvalue weighted by molar-refractivity contribution is 0.224. The number of nitrogens with one attached hydrogen (secondary N) is 1. The van der Waals surface area contributed by atoms with Crippen LogP contribution >= 0.6 is 0 Å². The van der Waals surface area contributed by atoms with Crippen LogP contribution in [-0.4, -0.2) is 33.0 Å². The minimum atomic E-state index is -3.99. The second-order valence-electron chi connectivity index (χ2n) is 7.31. The van der Waals surface area contributed by atoms with Crippen LogP contribution in [0, 0.1) is 11.6 Å². The molecule has 3 aromatic rings. The molecule has 9 heteroatoms. The highest BCUT2D eigenvalue weighted by Gasteiger charge is 2.18. The van der Waals surface area contributed by atoms with Crippen molar-refractivity contribution in [2.24, 2.45) is 0 Å². The van der Waals surface area contributed by atoms with E-state index in [4.69, 9.17) is 9.15 Å². The van der Waals surface area contributed by atoms with E-state index in [0.717, 1.165) is 29.8 Å². The third-order valence-corrected chi connectivity index (χ3v) is 5.90. The number of halogens is 2. The van der Waals surface area contributed by atoms with Crippen molar-refractivity contribution in [2.75, 3.05) is 13.6 Å². The highest BCUT2D eigenvalue weighted by Crippen LogP contribution is 2.18. The van der Waals surface area contributed by atoms with Crippen molar-refractivity contribution >= 4 is 10.0 Å². The Bertz CT molecular complexity index is 1100. The number of nitrogens with zero attached hydrogens (tertiary/aromatic N) is 1. The van der Waals surface area contributed by atoms with Crippen LogP contribution in [0.2, 0.25) is 0 Å². The second-order valence-corrected chi connectivity index (χ2v) is 9.07. The Labute approximate surface area is 180 Å². The third-order valence-electron chi connectivity index (χ3n) is 4.48. The number of hydrogen-bond donors (Lipinski definition) is 1. The van der Waals surface area contributed by atoms with Crippen LogP contribution in [-0.2, 0) is 23.1 Å². The summed E-state index contributed by atoms with van der Waals surface area (Å²) in [4.78, 5) is 1.78. The Morgan fingerprint density at radius 1 is 1.06 bits per heavy atom. The number of furan rings is 1. The van der Waals surface area contributed by atoms with Crippen molar-refractivity contribution in [1.82, 2.24) is 9.62 Å². The first-order valence-electron chi connectivity index (χ1n) is 9.63. The zero-order chi connectivity index (χ0) is 22.4. The normalized spacial score (nSPS) is 12.8. The van der Waals surface area contributed by atoms with Gasteiger partial charge in [0.25, 0.3) is 0 Å². The second kappa shape index (κ2) is 10.0. The van der Waals surface area contributed by atoms with Gasteiger partial charge in [-0.2, -0.15) is 0 Å². The molecule has 0 bridgehead atoms. The molecule has 0 radical (unpaired) electrons. The van der Waals surface area contributed by atoms with Crippen LogP contribution in [0.25, 0.3) is 0 Å². The van der Waals surface area contributed by atoms with Gasteiger partial charge in [-0.25, -0.2) is 21.9 Å². The van der Waals surface area contributed by atoms with Gasteiger partial charge in [0.05, 0.1) is 17.4 Å². The molecule has 1 atom stereocenters. The van der Waals surface area contributed by atoms with E-state index in [2.05, 4.69) is 9.62 Å². The van der Waals surface area contributed by atoms with Gasteiger partial charge in [-0.1, -0.05) is 12.1 Å². The summed E-state index contributed by atoms with van der Waals surface area (Å²) in [6.45, 7) is 3.11. The third kappa shape index (κ3) is 6.61. The van der Waals surface area contributed by atoms with Gasteiger partial charge in [0.1, 0.15) is 11.9 Å². The zero-order valence-electron chi connectivity index (χ0n) is 17.2. The monoisotopic (exact) mass is 450 g/mol. The molecule has 0 unspecified atom stereocenters. The van der Waals surface area contributed by atoms with Crippen molar-refractivity contribution in [3.8, 4) is 5.75 Å². The van der Waals surface area contributed by atoms with Gasteiger partial charge in [-0.15, -0.1) is 0 Å². The predicted octanol–water partition coefficient (Wildman–Crippen LogP) is 3.94. The smallest absolute Gasteiger partial charge is 0.240 e. The molecule has 0 spiro atoms. The summed E-state index contributed by atoms with van der Waals surface area (Å²) >= 11 is 0. The molecule has 1 heterocycles. The molecule has 1 aromatic heterocycles. The minimum Gasteiger partial charge on any atom is -0.489 e. The van der Waals surface area contributed by atoms with Gasteiger partial charge in [-0.05, 0) is 55.9 Å². The average molecular weight is 451 g/mol. The Hall–Kier alpha value is -2.75. The molecule has 1 N–H and O–H groups in total. The number of benzene rings is 2. The van der Waals surface area contributed by atoms with Gasteiger partial charge in [0, 0.05) is 25.2 Å². The first-order valence-corrected chi connectivity index (χ1v) is 11.1.